The first-order valence-electron chi connectivity index (χ1n) is 4.25. The third-order valence-corrected chi connectivity index (χ3v) is 1.73. The smallest absolute Gasteiger partial charge is 0.0302 e. The van der Waals surface area contributed by atoms with Gasteiger partial charge in [-0.3, -0.25) is 0 Å². The van der Waals surface area contributed by atoms with Crippen LogP contribution in [0.15, 0.2) is 24.4 Å². The first-order valence-corrected chi connectivity index (χ1v) is 4.25. The van der Waals surface area contributed by atoms with Crippen molar-refractivity contribution in [2.24, 2.45) is 0 Å². The zero-order valence-corrected chi connectivity index (χ0v) is 8.67. The monoisotopic (exact) mass is 168 g/mol. The molecule has 0 unspecified atom stereocenters. The molecule has 70 valence electrons. The SMILES string of the molecule is C=C(/C=C\C)N(C)CCN(C)C. The Labute approximate surface area is 76.2 Å². The second-order valence-electron chi connectivity index (χ2n) is 3.22. The molecule has 0 radical (unpaired) electrons. The van der Waals surface area contributed by atoms with Crippen LogP contribution >= 0.6 is 0 Å². The third kappa shape index (κ3) is 4.97. The molecular weight excluding hydrogens is 148 g/mol. The predicted octanol–water partition coefficient (Wildman–Crippen LogP) is 1.57. The zero-order valence-electron chi connectivity index (χ0n) is 8.67. The molecule has 0 saturated carbocycles. The maximum absolute atomic E-state index is 3.94. The lowest BCUT2D eigenvalue weighted by Crippen LogP contribution is -2.27. The number of rotatable bonds is 5. The predicted molar refractivity (Wildman–Crippen MR) is 55.1 cm³/mol. The van der Waals surface area contributed by atoms with Crippen LogP contribution in [0, 0.1) is 0 Å². The second kappa shape index (κ2) is 5.84. The van der Waals surface area contributed by atoms with Crippen LogP contribution in [-0.4, -0.2) is 44.0 Å². The van der Waals surface area contributed by atoms with Gasteiger partial charge < -0.3 is 9.80 Å². The fourth-order valence-corrected chi connectivity index (χ4v) is 0.813. The van der Waals surface area contributed by atoms with E-state index < -0.39 is 0 Å². The molecule has 0 fully saturated rings. The van der Waals surface area contributed by atoms with E-state index in [2.05, 4.69) is 37.5 Å². The molecule has 0 rings (SSSR count). The Morgan fingerprint density at radius 3 is 2.25 bits per heavy atom. The molecule has 0 aromatic rings. The lowest BCUT2D eigenvalue weighted by Gasteiger charge is -2.21. The van der Waals surface area contributed by atoms with Gasteiger partial charge in [0.1, 0.15) is 0 Å². The molecule has 0 heterocycles. The van der Waals surface area contributed by atoms with E-state index in [1.54, 1.807) is 0 Å². The average molecular weight is 168 g/mol. The Bertz CT molecular complexity index is 159. The molecular formula is C10H20N2. The molecule has 0 aromatic heterocycles. The molecule has 0 aliphatic carbocycles. The minimum absolute atomic E-state index is 1.02. The van der Waals surface area contributed by atoms with Crippen molar-refractivity contribution in [1.82, 2.24) is 9.80 Å². The van der Waals surface area contributed by atoms with Gasteiger partial charge in [0.2, 0.25) is 0 Å². The highest BCUT2D eigenvalue weighted by molar-refractivity contribution is 5.11. The number of hydrogen-bond acceptors (Lipinski definition) is 2. The quantitative estimate of drug-likeness (QED) is 0.575. The summed E-state index contributed by atoms with van der Waals surface area (Å²) in [7, 11) is 6.21. The first-order chi connectivity index (χ1) is 5.57. The van der Waals surface area contributed by atoms with Gasteiger partial charge in [0.15, 0.2) is 0 Å². The van der Waals surface area contributed by atoms with Crippen LogP contribution in [0.4, 0.5) is 0 Å². The van der Waals surface area contributed by atoms with Crippen molar-refractivity contribution in [2.75, 3.05) is 34.2 Å². The van der Waals surface area contributed by atoms with E-state index in [9.17, 15) is 0 Å². The number of allylic oxidation sites excluding steroid dienone is 2. The summed E-state index contributed by atoms with van der Waals surface area (Å²) in [6.45, 7) is 8.03. The zero-order chi connectivity index (χ0) is 9.56. The maximum Gasteiger partial charge on any atom is 0.0302 e. The van der Waals surface area contributed by atoms with Gasteiger partial charge in [0.25, 0.3) is 0 Å². The summed E-state index contributed by atoms with van der Waals surface area (Å²) >= 11 is 0. The molecule has 12 heavy (non-hydrogen) atoms. The standard InChI is InChI=1S/C10H20N2/c1-6-7-10(2)12(5)9-8-11(3)4/h6-7H,2,8-9H2,1,3-5H3/b7-6-. The highest BCUT2D eigenvalue weighted by atomic mass is 15.2. The Morgan fingerprint density at radius 2 is 1.83 bits per heavy atom. The minimum atomic E-state index is 1.02. The molecule has 0 saturated heterocycles. The molecule has 0 aromatic carbocycles. The molecule has 0 spiro atoms. The van der Waals surface area contributed by atoms with Gasteiger partial charge in [-0.2, -0.15) is 0 Å². The van der Waals surface area contributed by atoms with Crippen LogP contribution in [0.3, 0.4) is 0 Å². The first kappa shape index (κ1) is 11.2. The average Bonchev–Trinajstić information content (AvgIpc) is 2.00. The fourth-order valence-electron chi connectivity index (χ4n) is 0.813. The van der Waals surface area contributed by atoms with E-state index in [-0.39, 0.29) is 0 Å². The van der Waals surface area contributed by atoms with Crippen LogP contribution in [0.25, 0.3) is 0 Å². The second-order valence-corrected chi connectivity index (χ2v) is 3.22. The summed E-state index contributed by atoms with van der Waals surface area (Å²) in [5.41, 5.74) is 1.07. The number of nitrogens with zero attached hydrogens (tertiary/aromatic N) is 2. The largest absolute Gasteiger partial charge is 0.374 e. The molecule has 2 heteroatoms. The van der Waals surface area contributed by atoms with Gasteiger partial charge in [-0.05, 0) is 27.1 Å². The van der Waals surface area contributed by atoms with Crippen molar-refractivity contribution in [3.8, 4) is 0 Å². The van der Waals surface area contributed by atoms with E-state index in [4.69, 9.17) is 0 Å². The van der Waals surface area contributed by atoms with Crippen molar-refractivity contribution in [3.05, 3.63) is 24.4 Å². The fraction of sp³-hybridized carbons (Fsp3) is 0.600. The molecule has 0 aliphatic heterocycles. The summed E-state index contributed by atoms with van der Waals surface area (Å²) in [6.07, 6.45) is 4.03. The van der Waals surface area contributed by atoms with Crippen LogP contribution in [0.2, 0.25) is 0 Å². The minimum Gasteiger partial charge on any atom is -0.374 e. The summed E-state index contributed by atoms with van der Waals surface area (Å²) < 4.78 is 0. The van der Waals surface area contributed by atoms with Crippen LogP contribution < -0.4 is 0 Å². The molecule has 0 aliphatic rings. The molecule has 2 nitrogen and oxygen atoms in total. The van der Waals surface area contributed by atoms with Crippen LogP contribution in [-0.2, 0) is 0 Å². The topological polar surface area (TPSA) is 6.48 Å². The Balaban J connectivity index is 3.71. The molecule has 0 N–H and O–H groups in total. The van der Waals surface area contributed by atoms with Gasteiger partial charge in [0, 0.05) is 25.8 Å². The lowest BCUT2D eigenvalue weighted by atomic mass is 10.3. The highest BCUT2D eigenvalue weighted by Crippen LogP contribution is 1.99. The summed E-state index contributed by atoms with van der Waals surface area (Å²) in [5.74, 6) is 0. The van der Waals surface area contributed by atoms with E-state index in [0.717, 1.165) is 18.8 Å². The molecule has 0 atom stereocenters. The van der Waals surface area contributed by atoms with Gasteiger partial charge in [-0.1, -0.05) is 12.7 Å². The third-order valence-electron chi connectivity index (χ3n) is 1.73. The van der Waals surface area contributed by atoms with Gasteiger partial charge in [-0.25, -0.2) is 0 Å². The number of likely N-dealkylation sites (N-methyl/N-ethyl adjacent to an activating group) is 2. The Kier molecular flexibility index (Phi) is 5.47. The van der Waals surface area contributed by atoms with E-state index >= 15 is 0 Å². The van der Waals surface area contributed by atoms with Crippen LogP contribution in [0.1, 0.15) is 6.92 Å². The normalized spacial score (nSPS) is 11.1. The van der Waals surface area contributed by atoms with Crippen molar-refractivity contribution >= 4 is 0 Å². The van der Waals surface area contributed by atoms with Gasteiger partial charge in [0.05, 0.1) is 0 Å². The summed E-state index contributed by atoms with van der Waals surface area (Å²) in [5, 5.41) is 0. The maximum atomic E-state index is 3.94. The van der Waals surface area contributed by atoms with Crippen molar-refractivity contribution in [2.45, 2.75) is 6.92 Å². The molecule has 0 bridgehead atoms. The lowest BCUT2D eigenvalue weighted by molar-refractivity contribution is 0.331. The number of hydrogen-bond donors (Lipinski definition) is 0. The van der Waals surface area contributed by atoms with Crippen molar-refractivity contribution < 1.29 is 0 Å². The van der Waals surface area contributed by atoms with Crippen molar-refractivity contribution in [3.63, 3.8) is 0 Å². The summed E-state index contributed by atoms with van der Waals surface area (Å²) in [6, 6.07) is 0. The van der Waals surface area contributed by atoms with E-state index in [1.807, 2.05) is 19.1 Å². The Morgan fingerprint density at radius 1 is 1.25 bits per heavy atom. The van der Waals surface area contributed by atoms with Gasteiger partial charge in [-0.15, -0.1) is 0 Å². The van der Waals surface area contributed by atoms with Gasteiger partial charge >= 0.3 is 0 Å². The van der Waals surface area contributed by atoms with Crippen molar-refractivity contribution in [1.29, 1.82) is 0 Å². The molecule has 0 amide bonds. The van der Waals surface area contributed by atoms with E-state index in [0.29, 0.717) is 0 Å². The van der Waals surface area contributed by atoms with E-state index in [1.165, 1.54) is 0 Å². The summed E-state index contributed by atoms with van der Waals surface area (Å²) in [4.78, 5) is 4.32. The van der Waals surface area contributed by atoms with Crippen LogP contribution in [0.5, 0.6) is 0 Å². The highest BCUT2D eigenvalue weighted by Gasteiger charge is 1.97. The Hall–Kier alpha value is -0.760.